The second kappa shape index (κ2) is 5.61. The van der Waals surface area contributed by atoms with Crippen LogP contribution in [0.25, 0.3) is 0 Å². The van der Waals surface area contributed by atoms with Gasteiger partial charge in [0.25, 0.3) is 0 Å². The number of hydrogen-bond acceptors (Lipinski definition) is 1. The van der Waals surface area contributed by atoms with Crippen molar-refractivity contribution in [2.45, 2.75) is 51.0 Å². The first kappa shape index (κ1) is 12.9. The molecule has 1 aliphatic carbocycles. The number of nitrogens with zero attached hydrogens (tertiary/aromatic N) is 1. The van der Waals surface area contributed by atoms with Crippen LogP contribution in [-0.2, 0) is 0 Å². The third kappa shape index (κ3) is 4.63. The lowest BCUT2D eigenvalue weighted by atomic mass is 9.95. The van der Waals surface area contributed by atoms with E-state index in [1.54, 1.807) is 0 Å². The van der Waals surface area contributed by atoms with Gasteiger partial charge >= 0.3 is 0 Å². The van der Waals surface area contributed by atoms with Gasteiger partial charge in [-0.2, -0.15) is 0 Å². The van der Waals surface area contributed by atoms with Crippen LogP contribution in [-0.4, -0.2) is 37.1 Å². The average molecular weight is 187 g/mol. The Morgan fingerprint density at radius 2 is 1.15 bits per heavy atom. The second-order valence-corrected chi connectivity index (χ2v) is 5.12. The summed E-state index contributed by atoms with van der Waals surface area (Å²) in [4.78, 5) is 0. The van der Waals surface area contributed by atoms with Crippen LogP contribution in [0.3, 0.4) is 0 Å². The van der Waals surface area contributed by atoms with E-state index in [-0.39, 0.29) is 5.48 Å². The summed E-state index contributed by atoms with van der Waals surface area (Å²) in [5.74, 6) is 0. The predicted molar refractivity (Wildman–Crippen MR) is 56.1 cm³/mol. The average Bonchev–Trinajstić information content (AvgIpc) is 1.81. The summed E-state index contributed by atoms with van der Waals surface area (Å²) in [6.07, 6.45) is 10.2. The molecular formula is C11H25NO. The molecule has 0 aliphatic heterocycles. The molecule has 2 nitrogen and oxygen atoms in total. The molecule has 1 fully saturated rings. The first-order valence-corrected chi connectivity index (χ1v) is 5.42. The smallest absolute Gasteiger partial charge is 0.0884 e. The number of quaternary nitrogens is 1. The largest absolute Gasteiger partial charge is 0.870 e. The van der Waals surface area contributed by atoms with Crippen LogP contribution >= 0.6 is 0 Å². The topological polar surface area (TPSA) is 30.0 Å². The molecule has 0 radical (unpaired) electrons. The predicted octanol–water partition coefficient (Wildman–Crippen LogP) is 2.63. The standard InChI is InChI=1S/C11H24N.H2O/c1-12(2,3)11-9-7-5-4-6-8-10-11;/h11H,4-10H2,1-3H3;1H2/q+1;/p-1. The normalized spacial score (nSPS) is 21.5. The van der Waals surface area contributed by atoms with E-state index in [2.05, 4.69) is 21.1 Å². The molecule has 0 saturated heterocycles. The summed E-state index contributed by atoms with van der Waals surface area (Å²) in [7, 11) is 7.02. The summed E-state index contributed by atoms with van der Waals surface area (Å²) in [6, 6.07) is 0.922. The van der Waals surface area contributed by atoms with Gasteiger partial charge in [-0.1, -0.05) is 19.3 Å². The molecule has 0 unspecified atom stereocenters. The Hall–Kier alpha value is -0.0800. The third-order valence-corrected chi connectivity index (χ3v) is 3.17. The zero-order chi connectivity index (χ0) is 9.03. The van der Waals surface area contributed by atoms with Crippen LogP contribution in [0.5, 0.6) is 0 Å². The molecule has 0 heterocycles. The van der Waals surface area contributed by atoms with Crippen molar-refractivity contribution in [3.8, 4) is 0 Å². The van der Waals surface area contributed by atoms with Gasteiger partial charge in [0.2, 0.25) is 0 Å². The Morgan fingerprint density at radius 3 is 1.54 bits per heavy atom. The highest BCUT2D eigenvalue weighted by Gasteiger charge is 2.23. The van der Waals surface area contributed by atoms with Gasteiger partial charge in [-0.05, 0) is 25.7 Å². The molecule has 0 amide bonds. The minimum Gasteiger partial charge on any atom is -0.870 e. The zero-order valence-corrected chi connectivity index (χ0v) is 9.42. The van der Waals surface area contributed by atoms with E-state index in [1.807, 2.05) is 0 Å². The van der Waals surface area contributed by atoms with Crippen molar-refractivity contribution >= 4 is 0 Å². The second-order valence-electron chi connectivity index (χ2n) is 5.12. The molecule has 0 aromatic heterocycles. The Labute approximate surface area is 82.8 Å². The molecule has 0 aromatic rings. The molecule has 1 saturated carbocycles. The van der Waals surface area contributed by atoms with Crippen LogP contribution < -0.4 is 0 Å². The summed E-state index contributed by atoms with van der Waals surface area (Å²) >= 11 is 0. The minimum atomic E-state index is 0. The molecule has 1 aliphatic rings. The Balaban J connectivity index is 0.00000144. The van der Waals surface area contributed by atoms with E-state index in [1.165, 1.54) is 49.4 Å². The van der Waals surface area contributed by atoms with E-state index in [4.69, 9.17) is 0 Å². The van der Waals surface area contributed by atoms with E-state index in [0.29, 0.717) is 0 Å². The molecule has 0 spiro atoms. The van der Waals surface area contributed by atoms with Crippen LogP contribution in [0.1, 0.15) is 44.9 Å². The van der Waals surface area contributed by atoms with E-state index in [9.17, 15) is 0 Å². The van der Waals surface area contributed by atoms with Crippen molar-refractivity contribution in [3.05, 3.63) is 0 Å². The van der Waals surface area contributed by atoms with Crippen LogP contribution in [0.4, 0.5) is 0 Å². The van der Waals surface area contributed by atoms with Gasteiger partial charge in [0, 0.05) is 0 Å². The molecule has 13 heavy (non-hydrogen) atoms. The van der Waals surface area contributed by atoms with Crippen molar-refractivity contribution in [3.63, 3.8) is 0 Å². The minimum absolute atomic E-state index is 0. The maximum atomic E-state index is 2.34. The first-order chi connectivity index (χ1) is 5.61. The summed E-state index contributed by atoms with van der Waals surface area (Å²) < 4.78 is 1.17. The fourth-order valence-electron chi connectivity index (χ4n) is 2.21. The van der Waals surface area contributed by atoms with Gasteiger partial charge in [-0.3, -0.25) is 0 Å². The molecule has 80 valence electrons. The summed E-state index contributed by atoms with van der Waals surface area (Å²) in [5.41, 5.74) is 0. The molecule has 2 heteroatoms. The number of rotatable bonds is 1. The SMILES string of the molecule is C[N+](C)(C)C1CCCCCCC1.[OH-]. The molecule has 0 atom stereocenters. The molecule has 1 rings (SSSR count). The fraction of sp³-hybridized carbons (Fsp3) is 1.00. The van der Waals surface area contributed by atoms with Gasteiger partial charge in [0.1, 0.15) is 0 Å². The first-order valence-electron chi connectivity index (χ1n) is 5.42. The van der Waals surface area contributed by atoms with Gasteiger partial charge in [0.15, 0.2) is 0 Å². The Morgan fingerprint density at radius 1 is 0.769 bits per heavy atom. The van der Waals surface area contributed by atoms with Crippen molar-refractivity contribution < 1.29 is 9.96 Å². The highest BCUT2D eigenvalue weighted by molar-refractivity contribution is 4.62. The van der Waals surface area contributed by atoms with Gasteiger partial charge in [-0.25, -0.2) is 0 Å². The molecule has 0 bridgehead atoms. The third-order valence-electron chi connectivity index (χ3n) is 3.17. The van der Waals surface area contributed by atoms with E-state index < -0.39 is 0 Å². The zero-order valence-electron chi connectivity index (χ0n) is 9.42. The maximum absolute atomic E-state index is 2.34. The fourth-order valence-corrected chi connectivity index (χ4v) is 2.21. The van der Waals surface area contributed by atoms with Gasteiger partial charge in [-0.15, -0.1) is 0 Å². The monoisotopic (exact) mass is 187 g/mol. The molecule has 1 N–H and O–H groups in total. The highest BCUT2D eigenvalue weighted by Crippen LogP contribution is 2.22. The van der Waals surface area contributed by atoms with E-state index >= 15 is 0 Å². The summed E-state index contributed by atoms with van der Waals surface area (Å²) in [6.45, 7) is 0. The lowest BCUT2D eigenvalue weighted by molar-refractivity contribution is -0.897. The quantitative estimate of drug-likeness (QED) is 0.580. The lowest BCUT2D eigenvalue weighted by Gasteiger charge is -2.35. The van der Waals surface area contributed by atoms with Crippen molar-refractivity contribution in [1.82, 2.24) is 0 Å². The molecule has 0 aromatic carbocycles. The van der Waals surface area contributed by atoms with Gasteiger partial charge < -0.3 is 9.96 Å². The number of hydrogen-bond donors (Lipinski definition) is 0. The van der Waals surface area contributed by atoms with Crippen LogP contribution in [0, 0.1) is 0 Å². The van der Waals surface area contributed by atoms with Crippen LogP contribution in [0.2, 0.25) is 0 Å². The van der Waals surface area contributed by atoms with Gasteiger partial charge in [0.05, 0.1) is 27.2 Å². The Bertz CT molecular complexity index is 121. The highest BCUT2D eigenvalue weighted by atomic mass is 16.0. The molecular weight excluding hydrogens is 162 g/mol. The maximum Gasteiger partial charge on any atom is 0.0884 e. The Kier molecular flexibility index (Phi) is 5.57. The van der Waals surface area contributed by atoms with Crippen LogP contribution in [0.15, 0.2) is 0 Å². The van der Waals surface area contributed by atoms with E-state index in [0.717, 1.165) is 6.04 Å². The summed E-state index contributed by atoms with van der Waals surface area (Å²) in [5, 5.41) is 0. The van der Waals surface area contributed by atoms with Crippen molar-refractivity contribution in [1.29, 1.82) is 0 Å². The lowest BCUT2D eigenvalue weighted by Crippen LogP contribution is -2.45. The van der Waals surface area contributed by atoms with Crippen molar-refractivity contribution in [2.75, 3.05) is 21.1 Å². The van der Waals surface area contributed by atoms with Crippen molar-refractivity contribution in [2.24, 2.45) is 0 Å².